The second kappa shape index (κ2) is 6.73. The average molecular weight is 456 g/mol. The van der Waals surface area contributed by atoms with Crippen LogP contribution in [0.25, 0.3) is 16.9 Å². The van der Waals surface area contributed by atoms with Gasteiger partial charge in [0.25, 0.3) is 5.91 Å². The lowest BCUT2D eigenvalue weighted by molar-refractivity contribution is 0.0631. The van der Waals surface area contributed by atoms with Crippen LogP contribution in [0.3, 0.4) is 0 Å². The number of nitrogens with zero attached hydrogens (tertiary/aromatic N) is 7. The van der Waals surface area contributed by atoms with Crippen LogP contribution < -0.4 is 0 Å². The van der Waals surface area contributed by atoms with Crippen LogP contribution in [0.5, 0.6) is 0 Å². The van der Waals surface area contributed by atoms with Crippen molar-refractivity contribution in [3.63, 3.8) is 0 Å². The molecule has 0 N–H and O–H groups in total. The Balaban J connectivity index is 1.44. The van der Waals surface area contributed by atoms with Crippen LogP contribution in [-0.4, -0.2) is 46.5 Å². The van der Waals surface area contributed by atoms with E-state index in [0.29, 0.717) is 30.1 Å². The van der Waals surface area contributed by atoms with Crippen LogP contribution in [0.1, 0.15) is 29.3 Å². The zero-order valence-corrected chi connectivity index (χ0v) is 16.9. The summed E-state index contributed by atoms with van der Waals surface area (Å²) < 4.78 is 17.5. The van der Waals surface area contributed by atoms with Crippen molar-refractivity contribution < 1.29 is 9.18 Å². The molecule has 5 heterocycles. The number of halogens is 2. The number of carbonyl (C=O) groups excluding carboxylic acids is 1. The quantitative estimate of drug-likeness (QED) is 0.433. The Bertz CT molecular complexity index is 1230. The van der Waals surface area contributed by atoms with E-state index in [1.54, 1.807) is 33.9 Å². The molecular weight excluding hydrogens is 441 g/mol. The monoisotopic (exact) mass is 455 g/mol. The summed E-state index contributed by atoms with van der Waals surface area (Å²) in [5.74, 6) is 0.0729. The van der Waals surface area contributed by atoms with E-state index >= 15 is 0 Å². The molecule has 146 valence electrons. The molecule has 1 unspecified atom stereocenters. The predicted octanol–water partition coefficient (Wildman–Crippen LogP) is 3.11. The minimum Gasteiger partial charge on any atom is -0.331 e. The third kappa shape index (κ3) is 3.09. The molecule has 5 rings (SSSR count). The number of pyridine rings is 1. The number of fused-ring (bicyclic) bond motifs is 2. The van der Waals surface area contributed by atoms with Gasteiger partial charge in [0.15, 0.2) is 11.3 Å². The lowest BCUT2D eigenvalue weighted by Gasteiger charge is -2.33. The van der Waals surface area contributed by atoms with Crippen LogP contribution in [0.4, 0.5) is 4.39 Å². The van der Waals surface area contributed by atoms with Gasteiger partial charge >= 0.3 is 0 Å². The van der Waals surface area contributed by atoms with Gasteiger partial charge in [-0.05, 0) is 35.0 Å². The maximum absolute atomic E-state index is 13.1. The summed E-state index contributed by atoms with van der Waals surface area (Å²) in [7, 11) is 0. The summed E-state index contributed by atoms with van der Waals surface area (Å²) in [5.41, 5.74) is 2.38. The van der Waals surface area contributed by atoms with Gasteiger partial charge in [-0.1, -0.05) is 0 Å². The minimum atomic E-state index is -0.531. The lowest BCUT2D eigenvalue weighted by atomic mass is 10.2. The lowest BCUT2D eigenvalue weighted by Crippen LogP contribution is -2.41. The minimum absolute atomic E-state index is 0.168. The summed E-state index contributed by atoms with van der Waals surface area (Å²) in [6.45, 7) is 3.09. The van der Waals surface area contributed by atoms with Gasteiger partial charge in [-0.2, -0.15) is 9.49 Å². The molecule has 29 heavy (non-hydrogen) atoms. The Morgan fingerprint density at radius 2 is 2.07 bits per heavy atom. The van der Waals surface area contributed by atoms with Gasteiger partial charge in [-0.15, -0.1) is 0 Å². The van der Waals surface area contributed by atoms with E-state index in [1.165, 1.54) is 12.3 Å². The first-order chi connectivity index (χ1) is 14.0. The maximum Gasteiger partial charge on any atom is 0.275 e. The Kier molecular flexibility index (Phi) is 4.16. The van der Waals surface area contributed by atoms with Crippen molar-refractivity contribution in [2.24, 2.45) is 0 Å². The molecule has 0 fully saturated rings. The van der Waals surface area contributed by atoms with E-state index in [4.69, 9.17) is 0 Å². The Hall–Kier alpha value is -3.14. The summed E-state index contributed by atoms with van der Waals surface area (Å²) in [6, 6.07) is 4.40. The smallest absolute Gasteiger partial charge is 0.275 e. The van der Waals surface area contributed by atoms with Gasteiger partial charge in [-0.3, -0.25) is 4.79 Å². The fourth-order valence-electron chi connectivity index (χ4n) is 3.54. The maximum atomic E-state index is 13.1. The normalized spacial score (nSPS) is 16.2. The van der Waals surface area contributed by atoms with Crippen LogP contribution in [0, 0.1) is 5.95 Å². The van der Waals surface area contributed by atoms with E-state index in [1.807, 2.05) is 17.7 Å². The molecule has 0 saturated carbocycles. The zero-order valence-electron chi connectivity index (χ0n) is 15.3. The van der Waals surface area contributed by atoms with Crippen molar-refractivity contribution in [2.75, 3.05) is 6.54 Å². The predicted molar refractivity (Wildman–Crippen MR) is 106 cm³/mol. The van der Waals surface area contributed by atoms with Crippen molar-refractivity contribution in [3.05, 3.63) is 64.9 Å². The Morgan fingerprint density at radius 1 is 1.21 bits per heavy atom. The van der Waals surface area contributed by atoms with Crippen molar-refractivity contribution >= 4 is 27.5 Å². The molecule has 4 aromatic rings. The highest BCUT2D eigenvalue weighted by molar-refractivity contribution is 9.10. The molecule has 4 aromatic heterocycles. The molecule has 1 amide bonds. The standard InChI is InChI=1S/C19H15BrFN7O/c1-11-18-24-15(12-2-3-16(21)22-7-12)10-26(18)4-5-27(11)19(29)14-6-17-23-8-13(20)9-28(17)25-14/h2-3,6-11H,4-5H2,1H3. The number of rotatable bonds is 2. The second-order valence-corrected chi connectivity index (χ2v) is 7.74. The van der Waals surface area contributed by atoms with E-state index in [-0.39, 0.29) is 11.9 Å². The van der Waals surface area contributed by atoms with Crippen LogP contribution in [-0.2, 0) is 6.54 Å². The van der Waals surface area contributed by atoms with E-state index in [2.05, 4.69) is 36.0 Å². The molecule has 0 radical (unpaired) electrons. The number of aromatic nitrogens is 6. The first-order valence-corrected chi connectivity index (χ1v) is 9.80. The molecular formula is C19H15BrFN7O. The van der Waals surface area contributed by atoms with Gasteiger partial charge in [0.2, 0.25) is 5.95 Å². The van der Waals surface area contributed by atoms with Crippen molar-refractivity contribution in [1.82, 2.24) is 34.0 Å². The van der Waals surface area contributed by atoms with Crippen molar-refractivity contribution in [1.29, 1.82) is 0 Å². The molecule has 0 spiro atoms. The molecule has 1 aliphatic heterocycles. The average Bonchev–Trinajstić information content (AvgIpc) is 3.32. The fraction of sp³-hybridized carbons (Fsp3) is 0.211. The third-order valence-electron chi connectivity index (χ3n) is 5.02. The number of hydrogen-bond donors (Lipinski definition) is 0. The van der Waals surface area contributed by atoms with Crippen LogP contribution >= 0.6 is 15.9 Å². The summed E-state index contributed by atoms with van der Waals surface area (Å²) in [5, 5.41) is 4.36. The van der Waals surface area contributed by atoms with Gasteiger partial charge in [-0.25, -0.2) is 19.5 Å². The third-order valence-corrected chi connectivity index (χ3v) is 5.42. The molecule has 0 bridgehead atoms. The van der Waals surface area contributed by atoms with Gasteiger partial charge in [0, 0.05) is 49.5 Å². The molecule has 0 aliphatic carbocycles. The second-order valence-electron chi connectivity index (χ2n) is 6.83. The summed E-state index contributed by atoms with van der Waals surface area (Å²) in [6.07, 6.45) is 6.79. The number of carbonyl (C=O) groups is 1. The SMILES string of the molecule is CC1c2nc(-c3ccc(F)nc3)cn2CCN1C(=O)c1cc2ncc(Br)cn2n1. The van der Waals surface area contributed by atoms with Gasteiger partial charge in [0.05, 0.1) is 16.2 Å². The summed E-state index contributed by atoms with van der Waals surface area (Å²) >= 11 is 3.35. The van der Waals surface area contributed by atoms with Crippen LogP contribution in [0.15, 0.2) is 47.5 Å². The fourth-order valence-corrected chi connectivity index (χ4v) is 3.84. The number of amides is 1. The summed E-state index contributed by atoms with van der Waals surface area (Å²) in [4.78, 5) is 27.5. The van der Waals surface area contributed by atoms with Crippen molar-refractivity contribution in [3.8, 4) is 11.3 Å². The highest BCUT2D eigenvalue weighted by Crippen LogP contribution is 2.29. The topological polar surface area (TPSA) is 81.2 Å². The Morgan fingerprint density at radius 3 is 2.86 bits per heavy atom. The molecule has 1 atom stereocenters. The molecule has 1 aliphatic rings. The van der Waals surface area contributed by atoms with Crippen molar-refractivity contribution in [2.45, 2.75) is 19.5 Å². The van der Waals surface area contributed by atoms with Gasteiger partial charge in [0.1, 0.15) is 5.82 Å². The van der Waals surface area contributed by atoms with E-state index < -0.39 is 5.95 Å². The number of imidazole rings is 1. The van der Waals surface area contributed by atoms with E-state index in [9.17, 15) is 9.18 Å². The first-order valence-electron chi connectivity index (χ1n) is 9.00. The van der Waals surface area contributed by atoms with E-state index in [0.717, 1.165) is 15.9 Å². The van der Waals surface area contributed by atoms with Crippen LogP contribution in [0.2, 0.25) is 0 Å². The number of hydrogen-bond acceptors (Lipinski definition) is 5. The molecule has 8 nitrogen and oxygen atoms in total. The first kappa shape index (κ1) is 17.9. The molecule has 0 saturated heterocycles. The zero-order chi connectivity index (χ0) is 20.1. The highest BCUT2D eigenvalue weighted by Gasteiger charge is 2.31. The Labute approximate surface area is 173 Å². The molecule has 0 aromatic carbocycles. The molecule has 10 heteroatoms. The largest absolute Gasteiger partial charge is 0.331 e. The highest BCUT2D eigenvalue weighted by atomic mass is 79.9. The van der Waals surface area contributed by atoms with Gasteiger partial charge < -0.3 is 9.47 Å².